The number of hydrogen-bond acceptors (Lipinski definition) is 2. The van der Waals surface area contributed by atoms with E-state index in [0.717, 1.165) is 32.1 Å². The van der Waals surface area contributed by atoms with E-state index in [2.05, 4.69) is 6.92 Å². The summed E-state index contributed by atoms with van der Waals surface area (Å²) >= 11 is 0. The van der Waals surface area contributed by atoms with E-state index in [1.54, 1.807) is 0 Å². The first-order valence-corrected chi connectivity index (χ1v) is 9.30. The average molecular weight is 370 g/mol. The first-order valence-electron chi connectivity index (χ1n) is 9.30. The van der Waals surface area contributed by atoms with Crippen LogP contribution in [0.4, 0.5) is 22.0 Å². The molecule has 0 unspecified atom stereocenters. The van der Waals surface area contributed by atoms with E-state index in [1.807, 2.05) is 0 Å². The quantitative estimate of drug-likeness (QED) is 0.445. The maximum atomic E-state index is 13.4. The zero-order valence-electron chi connectivity index (χ0n) is 14.6. The van der Waals surface area contributed by atoms with Crippen molar-refractivity contribution in [3.05, 3.63) is 0 Å². The van der Waals surface area contributed by atoms with Crippen molar-refractivity contribution >= 4 is 5.97 Å². The second kappa shape index (κ2) is 8.21. The zero-order valence-corrected chi connectivity index (χ0v) is 14.6. The molecule has 7 heteroatoms. The van der Waals surface area contributed by atoms with Gasteiger partial charge in [0, 0.05) is 5.92 Å². The lowest BCUT2D eigenvalue weighted by molar-refractivity contribution is -0.306. The lowest BCUT2D eigenvalue weighted by Crippen LogP contribution is -2.45. The topological polar surface area (TPSA) is 26.3 Å². The summed E-state index contributed by atoms with van der Waals surface area (Å²) in [5.41, 5.74) is 0. The molecule has 0 amide bonds. The Kier molecular flexibility index (Phi) is 6.71. The van der Waals surface area contributed by atoms with Gasteiger partial charge < -0.3 is 4.74 Å². The maximum Gasteiger partial charge on any atom is 0.453 e. The molecule has 2 rings (SSSR count). The molecular weight excluding hydrogens is 343 g/mol. The minimum Gasteiger partial charge on any atom is -0.462 e. The van der Waals surface area contributed by atoms with Gasteiger partial charge in [-0.2, -0.15) is 22.0 Å². The zero-order chi connectivity index (χ0) is 18.7. The van der Waals surface area contributed by atoms with Crippen molar-refractivity contribution in [1.29, 1.82) is 0 Å². The van der Waals surface area contributed by atoms with Crippen LogP contribution in [0.2, 0.25) is 0 Å². The van der Waals surface area contributed by atoms with E-state index in [9.17, 15) is 26.7 Å². The van der Waals surface area contributed by atoms with E-state index >= 15 is 0 Å². The van der Waals surface area contributed by atoms with Crippen molar-refractivity contribution in [2.75, 3.05) is 0 Å². The lowest BCUT2D eigenvalue weighted by atomic mass is 9.78. The minimum absolute atomic E-state index is 0.0420. The molecule has 0 atom stereocenters. The van der Waals surface area contributed by atoms with Crippen LogP contribution < -0.4 is 0 Å². The number of alkyl halides is 5. The number of rotatable bonds is 5. The van der Waals surface area contributed by atoms with Crippen molar-refractivity contribution in [2.24, 2.45) is 17.8 Å². The van der Waals surface area contributed by atoms with Gasteiger partial charge >= 0.3 is 18.1 Å². The van der Waals surface area contributed by atoms with Crippen LogP contribution in [0.15, 0.2) is 0 Å². The Hall–Kier alpha value is -0.880. The number of ether oxygens (including phenoxy) is 1. The third-order valence-electron chi connectivity index (χ3n) is 5.72. The SMILES string of the molecule is CCC[C@H]1CC[C@H](OC(=O)[C@H]2CC[C@H](C(F)(F)C(F)(F)F)CC2)CC1. The fourth-order valence-electron chi connectivity index (χ4n) is 4.13. The molecule has 0 heterocycles. The van der Waals surface area contributed by atoms with Crippen LogP contribution in [-0.2, 0) is 9.53 Å². The number of hydrogen-bond donors (Lipinski definition) is 0. The molecule has 2 nitrogen and oxygen atoms in total. The average Bonchev–Trinajstić information content (AvgIpc) is 2.56. The van der Waals surface area contributed by atoms with Gasteiger partial charge in [0.15, 0.2) is 0 Å². The van der Waals surface area contributed by atoms with Crippen LogP contribution in [0.3, 0.4) is 0 Å². The molecule has 2 aliphatic rings. The molecule has 2 saturated carbocycles. The summed E-state index contributed by atoms with van der Waals surface area (Å²) < 4.78 is 69.5. The summed E-state index contributed by atoms with van der Waals surface area (Å²) in [5, 5.41) is 0. The Balaban J connectivity index is 1.76. The molecule has 0 spiro atoms. The summed E-state index contributed by atoms with van der Waals surface area (Å²) in [6, 6.07) is 0. The molecule has 0 aromatic rings. The van der Waals surface area contributed by atoms with Crippen LogP contribution in [0.1, 0.15) is 71.1 Å². The second-order valence-corrected chi connectivity index (χ2v) is 7.54. The van der Waals surface area contributed by atoms with E-state index in [4.69, 9.17) is 4.74 Å². The monoisotopic (exact) mass is 370 g/mol. The summed E-state index contributed by atoms with van der Waals surface area (Å²) in [6.07, 6.45) is -0.162. The molecule has 2 aliphatic carbocycles. The Morgan fingerprint density at radius 2 is 1.48 bits per heavy atom. The van der Waals surface area contributed by atoms with E-state index < -0.39 is 29.9 Å². The maximum absolute atomic E-state index is 13.4. The van der Waals surface area contributed by atoms with Crippen molar-refractivity contribution < 1.29 is 31.5 Å². The van der Waals surface area contributed by atoms with Crippen LogP contribution >= 0.6 is 0 Å². The Bertz CT molecular complexity index is 433. The van der Waals surface area contributed by atoms with Gasteiger partial charge in [-0.1, -0.05) is 19.8 Å². The van der Waals surface area contributed by atoms with Crippen molar-refractivity contribution in [1.82, 2.24) is 0 Å². The van der Waals surface area contributed by atoms with Gasteiger partial charge in [0.05, 0.1) is 5.92 Å². The summed E-state index contributed by atoms with van der Waals surface area (Å²) in [7, 11) is 0. The second-order valence-electron chi connectivity index (χ2n) is 7.54. The molecule has 0 aromatic heterocycles. The van der Waals surface area contributed by atoms with Crippen molar-refractivity contribution in [3.8, 4) is 0 Å². The fourth-order valence-corrected chi connectivity index (χ4v) is 4.13. The normalized spacial score (nSPS) is 31.6. The van der Waals surface area contributed by atoms with Gasteiger partial charge in [-0.05, 0) is 57.3 Å². The van der Waals surface area contributed by atoms with Crippen LogP contribution in [-0.4, -0.2) is 24.2 Å². The van der Waals surface area contributed by atoms with Gasteiger partial charge in [-0.3, -0.25) is 4.79 Å². The Labute approximate surface area is 145 Å². The molecule has 146 valence electrons. The van der Waals surface area contributed by atoms with E-state index in [0.29, 0.717) is 5.92 Å². The molecule has 0 radical (unpaired) electrons. The molecular formula is C18H27F5O2. The third kappa shape index (κ3) is 5.07. The molecule has 0 N–H and O–H groups in total. The summed E-state index contributed by atoms with van der Waals surface area (Å²) in [4.78, 5) is 12.2. The number of esters is 1. The van der Waals surface area contributed by atoms with E-state index in [1.165, 1.54) is 6.42 Å². The molecule has 0 aromatic carbocycles. The first kappa shape index (κ1) is 20.4. The summed E-state index contributed by atoms with van der Waals surface area (Å²) in [6.45, 7) is 2.14. The molecule has 0 saturated heterocycles. The number of carbonyl (C=O) groups is 1. The Morgan fingerprint density at radius 3 is 1.96 bits per heavy atom. The molecule has 0 bridgehead atoms. The van der Waals surface area contributed by atoms with Crippen LogP contribution in [0.25, 0.3) is 0 Å². The highest BCUT2D eigenvalue weighted by atomic mass is 19.4. The Morgan fingerprint density at radius 1 is 0.920 bits per heavy atom. The van der Waals surface area contributed by atoms with Crippen molar-refractivity contribution in [2.45, 2.75) is 89.3 Å². The number of carbonyl (C=O) groups excluding carboxylic acids is 1. The number of halogens is 5. The predicted octanol–water partition coefficient (Wildman–Crippen LogP) is 5.89. The van der Waals surface area contributed by atoms with Gasteiger partial charge in [0.25, 0.3) is 0 Å². The fraction of sp³-hybridized carbons (Fsp3) is 0.944. The van der Waals surface area contributed by atoms with Gasteiger partial charge in [0.1, 0.15) is 6.10 Å². The van der Waals surface area contributed by atoms with Crippen molar-refractivity contribution in [3.63, 3.8) is 0 Å². The van der Waals surface area contributed by atoms with Gasteiger partial charge in [-0.15, -0.1) is 0 Å². The lowest BCUT2D eigenvalue weighted by Gasteiger charge is -2.34. The molecule has 2 fully saturated rings. The third-order valence-corrected chi connectivity index (χ3v) is 5.72. The van der Waals surface area contributed by atoms with Crippen LogP contribution in [0.5, 0.6) is 0 Å². The molecule has 25 heavy (non-hydrogen) atoms. The predicted molar refractivity (Wildman–Crippen MR) is 83.2 cm³/mol. The molecule has 0 aliphatic heterocycles. The standard InChI is InChI=1S/C18H27F5O2/c1-2-3-12-4-10-15(11-5-12)25-16(24)13-6-8-14(9-7-13)17(19,20)18(21,22)23/h12-15H,2-11H2,1H3/t12-,13-,14-,15-. The first-order chi connectivity index (χ1) is 11.6. The summed E-state index contributed by atoms with van der Waals surface area (Å²) in [5.74, 6) is -6.71. The highest BCUT2D eigenvalue weighted by Crippen LogP contribution is 2.47. The van der Waals surface area contributed by atoms with Crippen LogP contribution in [0, 0.1) is 17.8 Å². The highest BCUT2D eigenvalue weighted by molar-refractivity contribution is 5.72. The highest BCUT2D eigenvalue weighted by Gasteiger charge is 2.62. The van der Waals surface area contributed by atoms with Gasteiger partial charge in [0.2, 0.25) is 0 Å². The van der Waals surface area contributed by atoms with E-state index in [-0.39, 0.29) is 31.8 Å². The minimum atomic E-state index is -5.53. The largest absolute Gasteiger partial charge is 0.462 e. The smallest absolute Gasteiger partial charge is 0.453 e. The van der Waals surface area contributed by atoms with Gasteiger partial charge in [-0.25, -0.2) is 0 Å².